The first-order valence-electron chi connectivity index (χ1n) is 6.41. The van der Waals surface area contributed by atoms with Crippen LogP contribution < -0.4 is 0 Å². The van der Waals surface area contributed by atoms with Crippen LogP contribution in [-0.4, -0.2) is 15.4 Å². The summed E-state index contributed by atoms with van der Waals surface area (Å²) < 4.78 is 2.30. The second-order valence-electron chi connectivity index (χ2n) is 4.44. The molecule has 4 heteroatoms. The van der Waals surface area contributed by atoms with Crippen LogP contribution in [0.1, 0.15) is 10.7 Å². The Bertz CT molecular complexity index is 658. The lowest BCUT2D eigenvalue weighted by atomic mass is 10.3. The number of para-hydroxylation sites is 2. The molecule has 0 aliphatic carbocycles. The summed E-state index contributed by atoms with van der Waals surface area (Å²) in [5, 5.41) is 2.13. The van der Waals surface area contributed by atoms with Crippen molar-refractivity contribution in [3.05, 3.63) is 52.5 Å². The first kappa shape index (κ1) is 12.7. The maximum atomic E-state index is 5.88. The van der Waals surface area contributed by atoms with E-state index in [4.69, 9.17) is 11.6 Å². The zero-order valence-corrected chi connectivity index (χ0v) is 12.1. The molecule has 0 aliphatic rings. The second kappa shape index (κ2) is 5.76. The van der Waals surface area contributed by atoms with E-state index in [-0.39, 0.29) is 0 Å². The van der Waals surface area contributed by atoms with Gasteiger partial charge in [0.05, 0.1) is 11.0 Å². The van der Waals surface area contributed by atoms with E-state index >= 15 is 0 Å². The molecule has 0 atom stereocenters. The van der Waals surface area contributed by atoms with Crippen molar-refractivity contribution in [1.82, 2.24) is 9.55 Å². The van der Waals surface area contributed by atoms with Gasteiger partial charge in [0.2, 0.25) is 0 Å². The number of alkyl halides is 1. The van der Waals surface area contributed by atoms with Crippen molar-refractivity contribution in [2.75, 3.05) is 5.88 Å². The Morgan fingerprint density at radius 1 is 1.11 bits per heavy atom. The third kappa shape index (κ3) is 2.67. The number of fused-ring (bicyclic) bond motifs is 1. The van der Waals surface area contributed by atoms with Crippen molar-refractivity contribution in [3.8, 4) is 0 Å². The summed E-state index contributed by atoms with van der Waals surface area (Å²) in [6.07, 6.45) is 1.87. The average Bonchev–Trinajstić information content (AvgIpc) is 3.04. The number of aryl methyl sites for hydroxylation is 3. The van der Waals surface area contributed by atoms with Gasteiger partial charge in [0.25, 0.3) is 0 Å². The quantitative estimate of drug-likeness (QED) is 0.646. The van der Waals surface area contributed by atoms with Crippen LogP contribution in [0.4, 0.5) is 0 Å². The molecule has 2 aromatic heterocycles. The molecule has 0 N–H and O–H groups in total. The average molecular weight is 291 g/mol. The molecule has 3 aromatic rings. The van der Waals surface area contributed by atoms with Crippen molar-refractivity contribution in [2.45, 2.75) is 19.4 Å². The number of hydrogen-bond donors (Lipinski definition) is 0. The van der Waals surface area contributed by atoms with Crippen molar-refractivity contribution >= 4 is 34.0 Å². The Morgan fingerprint density at radius 2 is 2.00 bits per heavy atom. The van der Waals surface area contributed by atoms with Gasteiger partial charge in [-0.05, 0) is 30.0 Å². The molecule has 0 saturated carbocycles. The highest BCUT2D eigenvalue weighted by Gasteiger charge is 2.09. The van der Waals surface area contributed by atoms with Gasteiger partial charge < -0.3 is 4.57 Å². The molecule has 0 fully saturated rings. The lowest BCUT2D eigenvalue weighted by Gasteiger charge is -2.07. The minimum atomic E-state index is 0.613. The molecule has 19 heavy (non-hydrogen) atoms. The van der Waals surface area contributed by atoms with Gasteiger partial charge in [0.15, 0.2) is 0 Å². The Labute approximate surface area is 121 Å². The lowest BCUT2D eigenvalue weighted by molar-refractivity contribution is 0.679. The Balaban J connectivity index is 1.92. The van der Waals surface area contributed by atoms with E-state index in [2.05, 4.69) is 45.3 Å². The highest BCUT2D eigenvalue weighted by Crippen LogP contribution is 2.18. The second-order valence-corrected chi connectivity index (χ2v) is 5.85. The van der Waals surface area contributed by atoms with Gasteiger partial charge in [-0.2, -0.15) is 0 Å². The van der Waals surface area contributed by atoms with Crippen LogP contribution in [0.3, 0.4) is 0 Å². The zero-order chi connectivity index (χ0) is 13.1. The Kier molecular flexibility index (Phi) is 3.85. The number of aromatic nitrogens is 2. The van der Waals surface area contributed by atoms with Crippen LogP contribution in [0.2, 0.25) is 0 Å². The SMILES string of the molecule is ClCCc1nc2ccccc2n1CCc1cccs1. The van der Waals surface area contributed by atoms with E-state index in [0.29, 0.717) is 5.88 Å². The predicted molar refractivity (Wildman–Crippen MR) is 82.2 cm³/mol. The van der Waals surface area contributed by atoms with Crippen LogP contribution >= 0.6 is 22.9 Å². The predicted octanol–water partition coefficient (Wildman–Crippen LogP) is 4.12. The van der Waals surface area contributed by atoms with E-state index in [0.717, 1.165) is 30.7 Å². The van der Waals surface area contributed by atoms with Crippen molar-refractivity contribution in [2.24, 2.45) is 0 Å². The molecule has 0 aliphatic heterocycles. The smallest absolute Gasteiger partial charge is 0.111 e. The summed E-state index contributed by atoms with van der Waals surface area (Å²) in [5.41, 5.74) is 2.27. The van der Waals surface area contributed by atoms with E-state index in [1.54, 1.807) is 0 Å². The first-order valence-corrected chi connectivity index (χ1v) is 7.82. The topological polar surface area (TPSA) is 17.8 Å². The summed E-state index contributed by atoms with van der Waals surface area (Å²) in [5.74, 6) is 1.70. The van der Waals surface area contributed by atoms with Crippen molar-refractivity contribution < 1.29 is 0 Å². The normalized spacial score (nSPS) is 11.2. The van der Waals surface area contributed by atoms with Gasteiger partial charge in [-0.25, -0.2) is 4.98 Å². The molecule has 0 saturated heterocycles. The van der Waals surface area contributed by atoms with Gasteiger partial charge in [-0.1, -0.05) is 18.2 Å². The van der Waals surface area contributed by atoms with E-state index in [1.807, 2.05) is 17.4 Å². The molecule has 0 amide bonds. The van der Waals surface area contributed by atoms with Crippen LogP contribution in [0.25, 0.3) is 11.0 Å². The number of thiophene rings is 1. The third-order valence-corrected chi connectivity index (χ3v) is 4.34. The molecule has 2 nitrogen and oxygen atoms in total. The molecule has 0 spiro atoms. The van der Waals surface area contributed by atoms with Gasteiger partial charge in [0, 0.05) is 23.7 Å². The highest BCUT2D eigenvalue weighted by molar-refractivity contribution is 7.09. The Hall–Kier alpha value is -1.32. The fourth-order valence-electron chi connectivity index (χ4n) is 2.33. The molecule has 3 rings (SSSR count). The van der Waals surface area contributed by atoms with Crippen LogP contribution in [0.15, 0.2) is 41.8 Å². The summed E-state index contributed by atoms with van der Waals surface area (Å²) in [6.45, 7) is 0.966. The van der Waals surface area contributed by atoms with Gasteiger partial charge >= 0.3 is 0 Å². The minimum Gasteiger partial charge on any atom is -0.328 e. The maximum Gasteiger partial charge on any atom is 0.111 e. The van der Waals surface area contributed by atoms with E-state index in [1.165, 1.54) is 10.4 Å². The number of hydrogen-bond acceptors (Lipinski definition) is 2. The number of halogens is 1. The monoisotopic (exact) mass is 290 g/mol. The molecule has 0 bridgehead atoms. The van der Waals surface area contributed by atoms with Crippen LogP contribution in [-0.2, 0) is 19.4 Å². The van der Waals surface area contributed by atoms with Gasteiger partial charge in [-0.15, -0.1) is 22.9 Å². The van der Waals surface area contributed by atoms with Gasteiger partial charge in [-0.3, -0.25) is 0 Å². The lowest BCUT2D eigenvalue weighted by Crippen LogP contribution is -2.06. The Morgan fingerprint density at radius 3 is 2.79 bits per heavy atom. The van der Waals surface area contributed by atoms with E-state index in [9.17, 15) is 0 Å². The summed E-state index contributed by atoms with van der Waals surface area (Å²) in [4.78, 5) is 6.10. The highest BCUT2D eigenvalue weighted by atomic mass is 35.5. The summed E-state index contributed by atoms with van der Waals surface area (Å²) >= 11 is 7.69. The molecule has 98 valence electrons. The number of rotatable bonds is 5. The van der Waals surface area contributed by atoms with Crippen LogP contribution in [0, 0.1) is 0 Å². The molecular weight excluding hydrogens is 276 g/mol. The van der Waals surface area contributed by atoms with Crippen LogP contribution in [0.5, 0.6) is 0 Å². The number of nitrogens with zero attached hydrogens (tertiary/aromatic N) is 2. The fraction of sp³-hybridized carbons (Fsp3) is 0.267. The summed E-state index contributed by atoms with van der Waals surface area (Å²) in [7, 11) is 0. The molecule has 0 unspecified atom stereocenters. The van der Waals surface area contributed by atoms with Gasteiger partial charge in [0.1, 0.15) is 5.82 Å². The summed E-state index contributed by atoms with van der Waals surface area (Å²) in [6, 6.07) is 12.6. The van der Waals surface area contributed by atoms with Crippen molar-refractivity contribution in [1.29, 1.82) is 0 Å². The standard InChI is InChI=1S/C15H15ClN2S/c16-9-7-15-17-13-5-1-2-6-14(13)18(15)10-8-12-4-3-11-19-12/h1-6,11H,7-10H2. The zero-order valence-electron chi connectivity index (χ0n) is 10.6. The fourth-order valence-corrected chi connectivity index (χ4v) is 3.19. The molecule has 0 radical (unpaired) electrons. The maximum absolute atomic E-state index is 5.88. The largest absolute Gasteiger partial charge is 0.328 e. The van der Waals surface area contributed by atoms with E-state index < -0.39 is 0 Å². The first-order chi connectivity index (χ1) is 9.38. The minimum absolute atomic E-state index is 0.613. The number of imidazole rings is 1. The molecule has 1 aromatic carbocycles. The number of benzene rings is 1. The third-order valence-electron chi connectivity index (χ3n) is 3.21. The van der Waals surface area contributed by atoms with Crippen molar-refractivity contribution in [3.63, 3.8) is 0 Å². The molecule has 2 heterocycles. The molecular formula is C15H15ClN2S.